The lowest BCUT2D eigenvalue weighted by molar-refractivity contribution is -0.148. The predicted molar refractivity (Wildman–Crippen MR) is 238 cm³/mol. The predicted octanol–water partition coefficient (Wildman–Crippen LogP) is 3.91. The number of rotatable bonds is 36. The molecule has 0 fully saturated rings. The Balaban J connectivity index is 6.24. The molecule has 0 saturated heterocycles. The van der Waals surface area contributed by atoms with Crippen molar-refractivity contribution in [2.75, 3.05) is 114 Å². The summed E-state index contributed by atoms with van der Waals surface area (Å²) >= 11 is 0. The fourth-order valence-electron chi connectivity index (χ4n) is 6.89. The summed E-state index contributed by atoms with van der Waals surface area (Å²) in [6.45, 7) is 19.7. The second kappa shape index (κ2) is 30.3. The van der Waals surface area contributed by atoms with Crippen LogP contribution < -0.4 is 16.0 Å². The van der Waals surface area contributed by atoms with Gasteiger partial charge in [-0.2, -0.15) is 0 Å². The summed E-state index contributed by atoms with van der Waals surface area (Å²) in [6.07, 6.45) is 4.01. The maximum Gasteiger partial charge on any atom is 0.306 e. The number of nitrogens with one attached hydrogen (secondary N) is 3. The van der Waals surface area contributed by atoms with Gasteiger partial charge in [-0.15, -0.1) is 0 Å². The molecule has 3 N–H and O–H groups in total. The van der Waals surface area contributed by atoms with Gasteiger partial charge in [0.05, 0.1) is 19.6 Å². The number of unbranched alkanes of at least 4 members (excludes halogenated alkanes) is 2. The van der Waals surface area contributed by atoms with Crippen molar-refractivity contribution in [2.45, 2.75) is 113 Å². The molecule has 0 aromatic carbocycles. The van der Waals surface area contributed by atoms with Crippen LogP contribution in [0.3, 0.4) is 0 Å². The highest BCUT2D eigenvalue weighted by atomic mass is 16.5. The van der Waals surface area contributed by atoms with Crippen LogP contribution in [-0.4, -0.2) is 169 Å². The minimum Gasteiger partial charge on any atom is -0.466 e. The van der Waals surface area contributed by atoms with Crippen LogP contribution in [0.2, 0.25) is 0 Å². The molecule has 3 unspecified atom stereocenters. The molecule has 0 aromatic heterocycles. The Bertz CT molecular complexity index is 1260. The fourth-order valence-corrected chi connectivity index (χ4v) is 6.89. The molecule has 14 nitrogen and oxygen atoms in total. The Morgan fingerprint density at radius 1 is 0.593 bits per heavy atom. The monoisotopic (exact) mass is 838 g/mol. The molecule has 2 amide bonds. The summed E-state index contributed by atoms with van der Waals surface area (Å²) < 4.78 is 5.37. The number of hydrogen-bond acceptors (Lipinski definition) is 12. The van der Waals surface area contributed by atoms with Gasteiger partial charge in [0.15, 0.2) is 0 Å². The summed E-state index contributed by atoms with van der Waals surface area (Å²) in [5.41, 5.74) is -2.08. The van der Waals surface area contributed by atoms with E-state index >= 15 is 0 Å². The van der Waals surface area contributed by atoms with E-state index in [4.69, 9.17) is 4.74 Å². The molecular formula is C45H87N7O7. The molecule has 0 aliphatic heterocycles. The van der Waals surface area contributed by atoms with Gasteiger partial charge in [0.25, 0.3) is 0 Å². The first-order chi connectivity index (χ1) is 27.6. The van der Waals surface area contributed by atoms with E-state index in [9.17, 15) is 28.8 Å². The van der Waals surface area contributed by atoms with Gasteiger partial charge >= 0.3 is 5.97 Å². The first-order valence-corrected chi connectivity index (χ1v) is 22.3. The first-order valence-electron chi connectivity index (χ1n) is 22.3. The second-order valence-corrected chi connectivity index (χ2v) is 18.5. The van der Waals surface area contributed by atoms with Gasteiger partial charge < -0.3 is 40.3 Å². The van der Waals surface area contributed by atoms with Crippen molar-refractivity contribution < 1.29 is 33.5 Å². The van der Waals surface area contributed by atoms with E-state index in [0.29, 0.717) is 45.8 Å². The molecule has 14 heteroatoms. The number of likely N-dealkylation sites (N-methyl/N-ethyl adjacent to an activating group) is 4. The molecular weight excluding hydrogens is 751 g/mol. The number of amides is 2. The Morgan fingerprint density at radius 2 is 1.14 bits per heavy atom. The third-order valence-corrected chi connectivity index (χ3v) is 11.1. The zero-order valence-corrected chi connectivity index (χ0v) is 39.7. The van der Waals surface area contributed by atoms with Gasteiger partial charge in [-0.3, -0.25) is 28.8 Å². The van der Waals surface area contributed by atoms with Crippen molar-refractivity contribution in [2.24, 2.45) is 28.6 Å². The van der Waals surface area contributed by atoms with E-state index in [1.165, 1.54) is 0 Å². The molecule has 0 aliphatic carbocycles. The highest BCUT2D eigenvalue weighted by Gasteiger charge is 2.41. The topological polar surface area (TPSA) is 161 Å². The second-order valence-electron chi connectivity index (χ2n) is 18.5. The van der Waals surface area contributed by atoms with E-state index in [2.05, 4.69) is 42.5 Å². The van der Waals surface area contributed by atoms with Crippen LogP contribution in [0.15, 0.2) is 0 Å². The largest absolute Gasteiger partial charge is 0.466 e. The van der Waals surface area contributed by atoms with Crippen molar-refractivity contribution in [3.63, 3.8) is 0 Å². The Labute approximate surface area is 359 Å². The van der Waals surface area contributed by atoms with Gasteiger partial charge in [-0.1, -0.05) is 61.3 Å². The maximum absolute atomic E-state index is 14.4. The summed E-state index contributed by atoms with van der Waals surface area (Å²) in [6, 6.07) is 0. The molecule has 3 atom stereocenters. The SMILES string of the molecule is CCCCNCC(=O)C(CC(=O)NCCN(C)CCN(C)C)CC(C)(C)C(=O)CC(CC(C)(C)C(=O)C(CC)CC(=O)OCCCC)C(=O)NCCN(C)CCN(C)C. The van der Waals surface area contributed by atoms with Crippen LogP contribution in [0, 0.1) is 28.6 Å². The average molecular weight is 838 g/mol. The van der Waals surface area contributed by atoms with E-state index in [0.717, 1.165) is 51.9 Å². The van der Waals surface area contributed by atoms with E-state index < -0.39 is 34.6 Å². The molecule has 0 aromatic rings. The van der Waals surface area contributed by atoms with Crippen molar-refractivity contribution >= 4 is 35.1 Å². The fraction of sp³-hybridized carbons (Fsp3) is 0.867. The molecule has 0 spiro atoms. The van der Waals surface area contributed by atoms with Crippen LogP contribution in [-0.2, 0) is 33.5 Å². The van der Waals surface area contributed by atoms with Gasteiger partial charge in [0, 0.05) is 93.8 Å². The smallest absolute Gasteiger partial charge is 0.306 e. The third-order valence-electron chi connectivity index (χ3n) is 11.1. The highest BCUT2D eigenvalue weighted by Crippen LogP contribution is 2.37. The molecule has 0 aliphatic rings. The number of carbonyl (C=O) groups is 6. The lowest BCUT2D eigenvalue weighted by atomic mass is 9.70. The van der Waals surface area contributed by atoms with Gasteiger partial charge in [0.2, 0.25) is 11.8 Å². The number of nitrogens with zero attached hydrogens (tertiary/aromatic N) is 4. The number of ether oxygens (including phenoxy) is 1. The minimum absolute atomic E-state index is 0.0337. The summed E-state index contributed by atoms with van der Waals surface area (Å²) in [4.78, 5) is 90.4. The van der Waals surface area contributed by atoms with Crippen molar-refractivity contribution in [1.82, 2.24) is 35.6 Å². The Morgan fingerprint density at radius 3 is 1.66 bits per heavy atom. The maximum atomic E-state index is 14.4. The Hall–Kier alpha value is -2.78. The molecule has 0 radical (unpaired) electrons. The molecule has 0 rings (SSSR count). The molecule has 0 bridgehead atoms. The summed E-state index contributed by atoms with van der Waals surface area (Å²) in [5.74, 6) is -3.57. The van der Waals surface area contributed by atoms with E-state index in [1.807, 2.05) is 56.1 Å². The number of esters is 1. The standard InChI is InChI=1S/C45H87N7O7/c1-14-17-19-46-34-38(53)36(30-40(55)47-20-22-51(12)26-24-49(8)9)32-44(4,5)39(54)29-37(43(58)48-21-23-52(13)27-25-50(10)11)33-45(6,7)42(57)35(16-3)31-41(56)59-28-18-15-2/h35-37,46H,14-34H2,1-13H3,(H,47,55)(H,48,58). The van der Waals surface area contributed by atoms with Crippen LogP contribution in [0.5, 0.6) is 0 Å². The zero-order chi connectivity index (χ0) is 45.2. The lowest BCUT2D eigenvalue weighted by Crippen LogP contribution is -2.43. The van der Waals surface area contributed by atoms with Crippen LogP contribution >= 0.6 is 0 Å². The quantitative estimate of drug-likeness (QED) is 0.0618. The number of ketones is 3. The molecule has 0 saturated carbocycles. The van der Waals surface area contributed by atoms with Crippen molar-refractivity contribution in [3.8, 4) is 0 Å². The van der Waals surface area contributed by atoms with Crippen LogP contribution in [0.4, 0.5) is 0 Å². The van der Waals surface area contributed by atoms with Crippen LogP contribution in [0.25, 0.3) is 0 Å². The first kappa shape index (κ1) is 56.2. The summed E-state index contributed by atoms with van der Waals surface area (Å²) in [5, 5.41) is 9.20. The highest BCUT2D eigenvalue weighted by molar-refractivity contribution is 5.93. The van der Waals surface area contributed by atoms with E-state index in [-0.39, 0.29) is 67.8 Å². The normalized spacial score (nSPS) is 13.8. The number of Topliss-reactive ketones (excluding diaryl/α,β-unsaturated/α-hetero) is 3. The number of hydrogen-bond donors (Lipinski definition) is 3. The van der Waals surface area contributed by atoms with Crippen molar-refractivity contribution in [3.05, 3.63) is 0 Å². The van der Waals surface area contributed by atoms with Gasteiger partial charge in [0.1, 0.15) is 17.3 Å². The van der Waals surface area contributed by atoms with Crippen molar-refractivity contribution in [1.29, 1.82) is 0 Å². The minimum atomic E-state index is -1.05. The van der Waals surface area contributed by atoms with Crippen LogP contribution in [0.1, 0.15) is 113 Å². The zero-order valence-electron chi connectivity index (χ0n) is 39.7. The lowest BCUT2D eigenvalue weighted by Gasteiger charge is -2.33. The van der Waals surface area contributed by atoms with Gasteiger partial charge in [-0.05, 0) is 80.9 Å². The molecule has 59 heavy (non-hydrogen) atoms. The Kier molecular flexibility index (Phi) is 28.9. The third kappa shape index (κ3) is 25.6. The van der Waals surface area contributed by atoms with E-state index in [1.54, 1.807) is 27.7 Å². The molecule has 344 valence electrons. The average Bonchev–Trinajstić information content (AvgIpc) is 3.15. The van der Waals surface area contributed by atoms with Gasteiger partial charge in [-0.25, -0.2) is 0 Å². The number of carbonyl (C=O) groups excluding carboxylic acids is 6. The molecule has 0 heterocycles. The summed E-state index contributed by atoms with van der Waals surface area (Å²) in [7, 11) is 12.0.